The van der Waals surface area contributed by atoms with Crippen LogP contribution < -0.4 is 4.74 Å². The molecule has 1 atom stereocenters. The van der Waals surface area contributed by atoms with Crippen LogP contribution in [0.4, 0.5) is 0 Å². The third-order valence-electron chi connectivity index (χ3n) is 5.77. The molecule has 34 heavy (non-hydrogen) atoms. The van der Waals surface area contributed by atoms with Crippen molar-refractivity contribution in [1.82, 2.24) is 4.90 Å². The van der Waals surface area contributed by atoms with E-state index in [9.17, 15) is 14.7 Å². The molecule has 1 fully saturated rings. The van der Waals surface area contributed by atoms with Crippen molar-refractivity contribution in [2.75, 3.05) is 6.61 Å². The van der Waals surface area contributed by atoms with Crippen LogP contribution in [0.3, 0.4) is 0 Å². The van der Waals surface area contributed by atoms with Gasteiger partial charge < -0.3 is 14.7 Å². The molecule has 1 saturated heterocycles. The van der Waals surface area contributed by atoms with Gasteiger partial charge in [0.2, 0.25) is 0 Å². The van der Waals surface area contributed by atoms with Crippen molar-refractivity contribution in [3.8, 4) is 5.75 Å². The highest BCUT2D eigenvalue weighted by Gasteiger charge is 2.46. The Kier molecular flexibility index (Phi) is 7.33. The number of unbranched alkanes of at least 4 members (excludes halogenated alkanes) is 1. The number of benzene rings is 3. The number of ether oxygens (including phenoxy) is 1. The standard InChI is InChI=1S/C28H26ClNO4/c1-2-3-15-34-23-14-8-12-21(17-23)26(31)24-25(20-11-7-13-22(29)16-20)30(28(33)27(24)32)18-19-9-5-4-6-10-19/h4-14,16-17,25,31H,2-3,15,18H2,1H3/b26-24+. The number of rotatable bonds is 8. The highest BCUT2D eigenvalue weighted by atomic mass is 35.5. The number of carbonyl (C=O) groups excluding carboxylic acids is 2. The summed E-state index contributed by atoms with van der Waals surface area (Å²) in [7, 11) is 0. The molecule has 0 spiro atoms. The third kappa shape index (κ3) is 5.00. The van der Waals surface area contributed by atoms with Crippen LogP contribution in [0.15, 0.2) is 84.4 Å². The fourth-order valence-electron chi connectivity index (χ4n) is 4.07. The predicted molar refractivity (Wildman–Crippen MR) is 133 cm³/mol. The topological polar surface area (TPSA) is 66.8 Å². The van der Waals surface area contributed by atoms with Crippen molar-refractivity contribution in [3.05, 3.63) is 106 Å². The van der Waals surface area contributed by atoms with Crippen molar-refractivity contribution in [2.24, 2.45) is 0 Å². The molecule has 3 aromatic rings. The van der Waals surface area contributed by atoms with Crippen molar-refractivity contribution in [1.29, 1.82) is 0 Å². The van der Waals surface area contributed by atoms with Crippen molar-refractivity contribution in [2.45, 2.75) is 32.4 Å². The van der Waals surface area contributed by atoms with Crippen molar-refractivity contribution >= 4 is 29.1 Å². The van der Waals surface area contributed by atoms with Crippen LogP contribution in [-0.4, -0.2) is 28.3 Å². The number of amides is 1. The highest BCUT2D eigenvalue weighted by molar-refractivity contribution is 6.46. The Morgan fingerprint density at radius 3 is 2.50 bits per heavy atom. The molecule has 0 saturated carbocycles. The maximum Gasteiger partial charge on any atom is 0.295 e. The van der Waals surface area contributed by atoms with E-state index >= 15 is 0 Å². The second-order valence-corrected chi connectivity index (χ2v) is 8.63. The van der Waals surface area contributed by atoms with Crippen LogP contribution in [0.5, 0.6) is 5.75 Å². The molecule has 0 bridgehead atoms. The second-order valence-electron chi connectivity index (χ2n) is 8.20. The second kappa shape index (κ2) is 10.6. The zero-order valence-electron chi connectivity index (χ0n) is 18.9. The summed E-state index contributed by atoms with van der Waals surface area (Å²) in [5.41, 5.74) is 1.98. The maximum atomic E-state index is 13.2. The fourth-order valence-corrected chi connectivity index (χ4v) is 4.27. The summed E-state index contributed by atoms with van der Waals surface area (Å²) in [6, 6.07) is 22.6. The van der Waals surface area contributed by atoms with Gasteiger partial charge in [0.25, 0.3) is 11.7 Å². The van der Waals surface area contributed by atoms with Crippen molar-refractivity contribution in [3.63, 3.8) is 0 Å². The molecule has 174 valence electrons. The van der Waals surface area contributed by atoms with Gasteiger partial charge in [0.15, 0.2) is 0 Å². The van der Waals surface area contributed by atoms with Gasteiger partial charge in [-0.2, -0.15) is 0 Å². The van der Waals surface area contributed by atoms with E-state index in [4.69, 9.17) is 16.3 Å². The number of aliphatic hydroxyl groups excluding tert-OH is 1. The Morgan fingerprint density at radius 1 is 1.00 bits per heavy atom. The molecule has 5 nitrogen and oxygen atoms in total. The lowest BCUT2D eigenvalue weighted by atomic mass is 9.95. The Labute approximate surface area is 204 Å². The largest absolute Gasteiger partial charge is 0.507 e. The van der Waals surface area contributed by atoms with E-state index in [1.807, 2.05) is 30.3 Å². The quantitative estimate of drug-likeness (QED) is 0.184. The van der Waals surface area contributed by atoms with Gasteiger partial charge in [-0.25, -0.2) is 0 Å². The molecule has 1 aliphatic heterocycles. The third-order valence-corrected chi connectivity index (χ3v) is 6.01. The summed E-state index contributed by atoms with van der Waals surface area (Å²) >= 11 is 6.25. The summed E-state index contributed by atoms with van der Waals surface area (Å²) < 4.78 is 5.76. The molecule has 0 aromatic heterocycles. The molecule has 1 heterocycles. The number of hydrogen-bond donors (Lipinski definition) is 1. The Balaban J connectivity index is 1.79. The highest BCUT2D eigenvalue weighted by Crippen LogP contribution is 2.41. The number of nitrogens with zero attached hydrogens (tertiary/aromatic N) is 1. The monoisotopic (exact) mass is 475 g/mol. The van der Waals surface area contributed by atoms with Crippen LogP contribution in [0.1, 0.15) is 42.5 Å². The Morgan fingerprint density at radius 2 is 1.76 bits per heavy atom. The van der Waals surface area contributed by atoms with Gasteiger partial charge in [-0.3, -0.25) is 9.59 Å². The lowest BCUT2D eigenvalue weighted by Gasteiger charge is -2.25. The fraction of sp³-hybridized carbons (Fsp3) is 0.214. The smallest absolute Gasteiger partial charge is 0.295 e. The van der Waals surface area contributed by atoms with Gasteiger partial charge in [0.1, 0.15) is 11.5 Å². The van der Waals surface area contributed by atoms with Crippen molar-refractivity contribution < 1.29 is 19.4 Å². The van der Waals surface area contributed by atoms with E-state index in [2.05, 4.69) is 6.92 Å². The van der Waals surface area contributed by atoms with E-state index in [0.29, 0.717) is 28.5 Å². The number of likely N-dealkylation sites (tertiary alicyclic amines) is 1. The molecule has 0 aliphatic carbocycles. The van der Waals surface area contributed by atoms with Gasteiger partial charge in [-0.05, 0) is 41.8 Å². The van der Waals surface area contributed by atoms with E-state index in [0.717, 1.165) is 18.4 Å². The number of aliphatic hydroxyl groups is 1. The summed E-state index contributed by atoms with van der Waals surface area (Å²) in [5, 5.41) is 11.8. The van der Waals surface area contributed by atoms with Crippen LogP contribution in [0.25, 0.3) is 5.76 Å². The molecule has 1 N–H and O–H groups in total. The molecule has 3 aromatic carbocycles. The summed E-state index contributed by atoms with van der Waals surface area (Å²) in [6.07, 6.45) is 1.92. The minimum Gasteiger partial charge on any atom is -0.507 e. The first-order chi connectivity index (χ1) is 16.5. The molecular weight excluding hydrogens is 450 g/mol. The summed E-state index contributed by atoms with van der Waals surface area (Å²) in [4.78, 5) is 27.8. The predicted octanol–water partition coefficient (Wildman–Crippen LogP) is 6.14. The zero-order valence-corrected chi connectivity index (χ0v) is 19.7. The van der Waals surface area contributed by atoms with Crippen LogP contribution in [0, 0.1) is 0 Å². The van der Waals surface area contributed by atoms with Gasteiger partial charge in [-0.15, -0.1) is 0 Å². The number of Topliss-reactive ketones (excluding diaryl/α,β-unsaturated/α-hetero) is 1. The van der Waals surface area contributed by atoms with Gasteiger partial charge >= 0.3 is 0 Å². The lowest BCUT2D eigenvalue weighted by molar-refractivity contribution is -0.140. The SMILES string of the molecule is CCCCOc1cccc(/C(O)=C2\C(=O)C(=O)N(Cc3ccccc3)C2c2cccc(Cl)c2)c1. The van der Waals surface area contributed by atoms with Crippen LogP contribution in [-0.2, 0) is 16.1 Å². The van der Waals surface area contributed by atoms with Gasteiger partial charge in [0, 0.05) is 17.1 Å². The van der Waals surface area contributed by atoms with Gasteiger partial charge in [0.05, 0.1) is 18.2 Å². The Bertz CT molecular complexity index is 1220. The normalized spacial score (nSPS) is 17.2. The first kappa shape index (κ1) is 23.6. The molecule has 4 rings (SSSR count). The maximum absolute atomic E-state index is 13.2. The van der Waals surface area contributed by atoms with Crippen LogP contribution >= 0.6 is 11.6 Å². The van der Waals surface area contributed by atoms with E-state index in [-0.39, 0.29) is 17.9 Å². The first-order valence-corrected chi connectivity index (χ1v) is 11.7. The number of ketones is 1. The van der Waals surface area contributed by atoms with E-state index in [1.54, 1.807) is 48.5 Å². The van der Waals surface area contributed by atoms with Crippen LogP contribution in [0.2, 0.25) is 5.02 Å². The molecule has 1 aliphatic rings. The number of carbonyl (C=O) groups is 2. The molecule has 0 radical (unpaired) electrons. The number of halogens is 1. The minimum absolute atomic E-state index is 0.0360. The average Bonchev–Trinajstić information content (AvgIpc) is 3.09. The molecule has 1 amide bonds. The summed E-state index contributed by atoms with van der Waals surface area (Å²) in [6.45, 7) is 2.86. The molecule has 6 heteroatoms. The van der Waals surface area contributed by atoms with Gasteiger partial charge in [-0.1, -0.05) is 79.5 Å². The summed E-state index contributed by atoms with van der Waals surface area (Å²) in [5.74, 6) is -1.03. The number of hydrogen-bond acceptors (Lipinski definition) is 4. The average molecular weight is 476 g/mol. The Hall–Kier alpha value is -3.57. The first-order valence-electron chi connectivity index (χ1n) is 11.3. The molecule has 1 unspecified atom stereocenters. The lowest BCUT2D eigenvalue weighted by Crippen LogP contribution is -2.29. The van der Waals surface area contributed by atoms with E-state index in [1.165, 1.54) is 4.90 Å². The van der Waals surface area contributed by atoms with E-state index < -0.39 is 17.7 Å². The minimum atomic E-state index is -0.774. The molecular formula is C28H26ClNO4. The zero-order chi connectivity index (χ0) is 24.1.